The van der Waals surface area contributed by atoms with Crippen molar-refractivity contribution in [2.45, 2.75) is 96.8 Å². The monoisotopic (exact) mass is 426 g/mol. The van der Waals surface area contributed by atoms with Crippen molar-refractivity contribution in [3.05, 3.63) is 29.8 Å². The average Bonchev–Trinajstić information content (AvgIpc) is 2.68. The molecule has 170 valence electrons. The predicted octanol–water partition coefficient (Wildman–Crippen LogP) is 6.89. The summed E-state index contributed by atoms with van der Waals surface area (Å²) in [7, 11) is 0. The number of carbonyl (C=O) groups excluding carboxylic acids is 2. The molecule has 0 bridgehead atoms. The maximum Gasteiger partial charge on any atom is 0.311 e. The highest BCUT2D eigenvalue weighted by molar-refractivity contribution is 5.74. The van der Waals surface area contributed by atoms with Gasteiger partial charge < -0.3 is 9.47 Å². The van der Waals surface area contributed by atoms with Gasteiger partial charge in [-0.25, -0.2) is 8.78 Å². The fraction of sp³-hybridized carbons (Fsp3) is 0.667. The third kappa shape index (κ3) is 14.1. The highest BCUT2D eigenvalue weighted by Crippen LogP contribution is 2.16. The maximum absolute atomic E-state index is 13.0. The van der Waals surface area contributed by atoms with Gasteiger partial charge in [-0.1, -0.05) is 71.1 Å². The van der Waals surface area contributed by atoms with Crippen molar-refractivity contribution in [2.24, 2.45) is 0 Å². The Kier molecular flexibility index (Phi) is 14.6. The molecule has 0 unspecified atom stereocenters. The minimum Gasteiger partial charge on any atom is -0.466 e. The smallest absolute Gasteiger partial charge is 0.311 e. The van der Waals surface area contributed by atoms with E-state index in [1.54, 1.807) is 0 Å². The number of ether oxygens (including phenoxy) is 2. The standard InChI is InChI=1S/C24H36F2O4/c1-2-3-4-5-6-7-8-9-10-11-12-16-29-23(27)14-13-15-24(28)30-22-18-20(25)17-21(26)19-22/h17-19H,2-16H2,1H3. The van der Waals surface area contributed by atoms with Gasteiger partial charge in [-0.05, 0) is 12.8 Å². The van der Waals surface area contributed by atoms with E-state index in [0.29, 0.717) is 12.7 Å². The lowest BCUT2D eigenvalue weighted by Crippen LogP contribution is -2.10. The second-order valence-corrected chi connectivity index (χ2v) is 7.69. The molecule has 0 aromatic heterocycles. The SMILES string of the molecule is CCCCCCCCCCCCCOC(=O)CCCC(=O)Oc1cc(F)cc(F)c1. The van der Waals surface area contributed by atoms with E-state index in [1.807, 2.05) is 0 Å². The number of hydrogen-bond acceptors (Lipinski definition) is 4. The van der Waals surface area contributed by atoms with Crippen molar-refractivity contribution in [2.75, 3.05) is 6.61 Å². The fourth-order valence-corrected chi connectivity index (χ4v) is 3.17. The summed E-state index contributed by atoms with van der Waals surface area (Å²) < 4.78 is 36.1. The Hall–Kier alpha value is -1.98. The molecule has 0 amide bonds. The Morgan fingerprint density at radius 2 is 1.20 bits per heavy atom. The molecule has 0 spiro atoms. The molecule has 0 aliphatic heterocycles. The number of carbonyl (C=O) groups is 2. The minimum absolute atomic E-state index is 0.0221. The van der Waals surface area contributed by atoms with E-state index < -0.39 is 17.6 Å². The van der Waals surface area contributed by atoms with E-state index in [1.165, 1.54) is 57.8 Å². The molecule has 0 atom stereocenters. The van der Waals surface area contributed by atoms with Crippen LogP contribution in [0.25, 0.3) is 0 Å². The van der Waals surface area contributed by atoms with E-state index in [9.17, 15) is 18.4 Å². The third-order valence-electron chi connectivity index (χ3n) is 4.84. The van der Waals surface area contributed by atoms with Gasteiger partial charge in [0.2, 0.25) is 0 Å². The summed E-state index contributed by atoms with van der Waals surface area (Å²) in [5, 5.41) is 0. The Labute approximate surface area is 179 Å². The van der Waals surface area contributed by atoms with Crippen LogP contribution in [0.3, 0.4) is 0 Å². The van der Waals surface area contributed by atoms with Gasteiger partial charge in [0.25, 0.3) is 0 Å². The fourth-order valence-electron chi connectivity index (χ4n) is 3.17. The quantitative estimate of drug-likeness (QED) is 0.154. The van der Waals surface area contributed by atoms with E-state index in [0.717, 1.165) is 25.0 Å². The Morgan fingerprint density at radius 1 is 0.700 bits per heavy atom. The van der Waals surface area contributed by atoms with Gasteiger partial charge in [0.1, 0.15) is 17.4 Å². The van der Waals surface area contributed by atoms with Crippen LogP contribution < -0.4 is 4.74 Å². The summed E-state index contributed by atoms with van der Waals surface area (Å²) in [6.45, 7) is 2.64. The summed E-state index contributed by atoms with van der Waals surface area (Å²) in [5.74, 6) is -2.80. The summed E-state index contributed by atoms with van der Waals surface area (Å²) >= 11 is 0. The molecule has 0 radical (unpaired) electrons. The Morgan fingerprint density at radius 3 is 1.77 bits per heavy atom. The molecule has 6 heteroatoms. The van der Waals surface area contributed by atoms with E-state index in [4.69, 9.17) is 9.47 Å². The molecular formula is C24H36F2O4. The number of rotatable bonds is 17. The molecule has 0 aliphatic rings. The van der Waals surface area contributed by atoms with Crippen molar-refractivity contribution in [1.82, 2.24) is 0 Å². The summed E-state index contributed by atoms with van der Waals surface area (Å²) in [4.78, 5) is 23.4. The van der Waals surface area contributed by atoms with Gasteiger partial charge in [-0.15, -0.1) is 0 Å². The van der Waals surface area contributed by atoms with Crippen LogP contribution in [0.1, 0.15) is 96.8 Å². The van der Waals surface area contributed by atoms with E-state index in [-0.39, 0.29) is 31.0 Å². The van der Waals surface area contributed by atoms with Crippen molar-refractivity contribution < 1.29 is 27.8 Å². The lowest BCUT2D eigenvalue weighted by atomic mass is 10.1. The normalized spacial score (nSPS) is 10.8. The molecule has 0 saturated carbocycles. The lowest BCUT2D eigenvalue weighted by molar-refractivity contribution is -0.144. The third-order valence-corrected chi connectivity index (χ3v) is 4.84. The number of esters is 2. The molecule has 0 saturated heterocycles. The summed E-state index contributed by atoms with van der Waals surface area (Å²) in [6, 6.07) is 2.56. The number of benzene rings is 1. The Balaban J connectivity index is 1.94. The molecule has 30 heavy (non-hydrogen) atoms. The second kappa shape index (κ2) is 16.8. The van der Waals surface area contributed by atoms with E-state index >= 15 is 0 Å². The average molecular weight is 427 g/mol. The maximum atomic E-state index is 13.0. The van der Waals surface area contributed by atoms with Crippen LogP contribution in [-0.4, -0.2) is 18.5 Å². The van der Waals surface area contributed by atoms with Crippen molar-refractivity contribution in [3.8, 4) is 5.75 Å². The van der Waals surface area contributed by atoms with Crippen LogP contribution in [-0.2, 0) is 14.3 Å². The van der Waals surface area contributed by atoms with Crippen LogP contribution in [0.4, 0.5) is 8.78 Å². The number of halogens is 2. The largest absolute Gasteiger partial charge is 0.466 e. The second-order valence-electron chi connectivity index (χ2n) is 7.69. The van der Waals surface area contributed by atoms with Gasteiger partial charge >= 0.3 is 11.9 Å². The first-order valence-corrected chi connectivity index (χ1v) is 11.3. The van der Waals surface area contributed by atoms with Crippen LogP contribution >= 0.6 is 0 Å². The van der Waals surface area contributed by atoms with Gasteiger partial charge in [0.05, 0.1) is 6.61 Å². The zero-order valence-electron chi connectivity index (χ0n) is 18.2. The molecule has 0 aliphatic carbocycles. The molecule has 1 rings (SSSR count). The lowest BCUT2D eigenvalue weighted by Gasteiger charge is -2.06. The van der Waals surface area contributed by atoms with Crippen LogP contribution in [0, 0.1) is 11.6 Å². The van der Waals surface area contributed by atoms with Gasteiger partial charge in [-0.2, -0.15) is 0 Å². The first kappa shape index (κ1) is 26.1. The molecule has 1 aromatic carbocycles. The number of unbranched alkanes of at least 4 members (excludes halogenated alkanes) is 10. The topological polar surface area (TPSA) is 52.6 Å². The van der Waals surface area contributed by atoms with Gasteiger partial charge in [0, 0.05) is 31.0 Å². The van der Waals surface area contributed by atoms with Crippen LogP contribution in [0.2, 0.25) is 0 Å². The van der Waals surface area contributed by atoms with Gasteiger partial charge in [0.15, 0.2) is 0 Å². The summed E-state index contributed by atoms with van der Waals surface area (Å²) in [6.07, 6.45) is 14.0. The first-order valence-electron chi connectivity index (χ1n) is 11.3. The zero-order chi connectivity index (χ0) is 22.0. The summed E-state index contributed by atoms with van der Waals surface area (Å²) in [5.41, 5.74) is 0. The molecule has 0 fully saturated rings. The van der Waals surface area contributed by atoms with Crippen molar-refractivity contribution in [3.63, 3.8) is 0 Å². The van der Waals surface area contributed by atoms with Crippen LogP contribution in [0.15, 0.2) is 18.2 Å². The van der Waals surface area contributed by atoms with Crippen molar-refractivity contribution >= 4 is 11.9 Å². The van der Waals surface area contributed by atoms with Gasteiger partial charge in [-0.3, -0.25) is 9.59 Å². The first-order chi connectivity index (χ1) is 14.5. The number of hydrogen-bond donors (Lipinski definition) is 0. The molecule has 4 nitrogen and oxygen atoms in total. The van der Waals surface area contributed by atoms with Crippen LogP contribution in [0.5, 0.6) is 5.75 Å². The minimum atomic E-state index is -0.816. The molecule has 1 aromatic rings. The zero-order valence-corrected chi connectivity index (χ0v) is 18.2. The molecule has 0 heterocycles. The Bertz CT molecular complexity index is 599. The molecule has 0 N–H and O–H groups in total. The van der Waals surface area contributed by atoms with E-state index in [2.05, 4.69) is 6.92 Å². The predicted molar refractivity (Wildman–Crippen MR) is 113 cm³/mol. The van der Waals surface area contributed by atoms with Crippen molar-refractivity contribution in [1.29, 1.82) is 0 Å². The molecular weight excluding hydrogens is 390 g/mol. The highest BCUT2D eigenvalue weighted by atomic mass is 19.1. The highest BCUT2D eigenvalue weighted by Gasteiger charge is 2.10.